The second-order valence-electron chi connectivity index (χ2n) is 3.62. The Bertz CT molecular complexity index is 564. The number of amides is 1. The summed E-state index contributed by atoms with van der Waals surface area (Å²) in [7, 11) is 0. The fourth-order valence-electron chi connectivity index (χ4n) is 1.32. The lowest BCUT2D eigenvalue weighted by Crippen LogP contribution is -2.13. The van der Waals surface area contributed by atoms with E-state index in [4.69, 9.17) is 17.3 Å². The molecular weight excluding hydrogens is 240 g/mol. The fraction of sp³-hybridized carbons (Fsp3) is 0.0909. The van der Waals surface area contributed by atoms with Gasteiger partial charge in [-0.15, -0.1) is 0 Å². The molecule has 2 aromatic rings. The number of carbonyl (C=O) groups is 1. The normalized spacial score (nSPS) is 10.2. The average molecular weight is 251 g/mol. The zero-order valence-corrected chi connectivity index (χ0v) is 9.88. The van der Waals surface area contributed by atoms with Gasteiger partial charge < -0.3 is 11.1 Å². The highest BCUT2D eigenvalue weighted by Gasteiger charge is 2.10. The first kappa shape index (κ1) is 11.5. The largest absolute Gasteiger partial charge is 0.394 e. The lowest BCUT2D eigenvalue weighted by molar-refractivity contribution is 0.102. The lowest BCUT2D eigenvalue weighted by Gasteiger charge is -2.05. The quantitative estimate of drug-likeness (QED) is 0.764. The molecule has 1 amide bonds. The molecule has 0 bridgehead atoms. The third-order valence-corrected chi connectivity index (χ3v) is 2.75. The number of carbonyl (C=O) groups excluding carboxylic acids is 1. The van der Waals surface area contributed by atoms with E-state index in [1.807, 2.05) is 6.92 Å². The Hall–Kier alpha value is -2.01. The maximum absolute atomic E-state index is 11.9. The molecule has 0 unspecified atom stereocenters. The molecule has 88 valence electrons. The van der Waals surface area contributed by atoms with Crippen LogP contribution in [0, 0.1) is 6.92 Å². The molecule has 4 N–H and O–H groups in total. The van der Waals surface area contributed by atoms with Gasteiger partial charge in [-0.25, -0.2) is 0 Å². The van der Waals surface area contributed by atoms with Crippen LogP contribution in [0.3, 0.4) is 0 Å². The third kappa shape index (κ3) is 2.39. The van der Waals surface area contributed by atoms with Crippen LogP contribution in [0.25, 0.3) is 0 Å². The standard InChI is InChI=1S/C11H11ClN4O/c1-6-2-3-7(4-8(6)12)11(17)15-10-9(13)5-14-16-10/h2-5H,13H2,1H3,(H2,14,15,16,17). The van der Waals surface area contributed by atoms with Gasteiger partial charge in [0, 0.05) is 10.6 Å². The fourth-order valence-corrected chi connectivity index (χ4v) is 1.50. The Morgan fingerprint density at radius 3 is 2.88 bits per heavy atom. The molecule has 6 heteroatoms. The van der Waals surface area contributed by atoms with Crippen LogP contribution in [0.15, 0.2) is 24.4 Å². The molecule has 0 spiro atoms. The molecule has 0 saturated heterocycles. The van der Waals surface area contributed by atoms with E-state index in [-0.39, 0.29) is 5.91 Å². The van der Waals surface area contributed by atoms with Gasteiger partial charge in [0.25, 0.3) is 5.91 Å². The van der Waals surface area contributed by atoms with Gasteiger partial charge >= 0.3 is 0 Å². The number of aromatic nitrogens is 2. The predicted molar refractivity (Wildman–Crippen MR) is 67.1 cm³/mol. The molecule has 0 atom stereocenters. The topological polar surface area (TPSA) is 83.8 Å². The number of nitrogens with zero attached hydrogens (tertiary/aromatic N) is 1. The van der Waals surface area contributed by atoms with Crippen molar-refractivity contribution in [3.63, 3.8) is 0 Å². The Balaban J connectivity index is 2.20. The smallest absolute Gasteiger partial charge is 0.256 e. The summed E-state index contributed by atoms with van der Waals surface area (Å²) in [6.45, 7) is 1.87. The number of halogens is 1. The summed E-state index contributed by atoms with van der Waals surface area (Å²) in [6, 6.07) is 5.09. The van der Waals surface area contributed by atoms with Crippen molar-refractivity contribution in [3.05, 3.63) is 40.5 Å². The van der Waals surface area contributed by atoms with Crippen molar-refractivity contribution in [3.8, 4) is 0 Å². The Morgan fingerprint density at radius 1 is 1.53 bits per heavy atom. The number of anilines is 2. The van der Waals surface area contributed by atoms with E-state index in [0.29, 0.717) is 22.1 Å². The minimum Gasteiger partial charge on any atom is -0.394 e. The highest BCUT2D eigenvalue weighted by Crippen LogP contribution is 2.18. The van der Waals surface area contributed by atoms with Crippen molar-refractivity contribution in [1.29, 1.82) is 0 Å². The average Bonchev–Trinajstić information content (AvgIpc) is 2.68. The molecule has 0 fully saturated rings. The minimum absolute atomic E-state index is 0.289. The number of nitrogen functional groups attached to an aromatic ring is 1. The van der Waals surface area contributed by atoms with Crippen molar-refractivity contribution in [2.45, 2.75) is 6.92 Å². The molecule has 1 aromatic heterocycles. The highest BCUT2D eigenvalue weighted by molar-refractivity contribution is 6.31. The SMILES string of the molecule is Cc1ccc(C(=O)Nc2[nH]ncc2N)cc1Cl. The van der Waals surface area contributed by atoms with E-state index in [0.717, 1.165) is 5.56 Å². The van der Waals surface area contributed by atoms with E-state index >= 15 is 0 Å². The Morgan fingerprint density at radius 2 is 2.29 bits per heavy atom. The molecule has 1 aromatic carbocycles. The summed E-state index contributed by atoms with van der Waals surface area (Å²) in [5, 5.41) is 9.47. The molecule has 0 saturated carbocycles. The predicted octanol–water partition coefficient (Wildman–Crippen LogP) is 2.21. The maximum Gasteiger partial charge on any atom is 0.256 e. The number of nitrogens with two attached hydrogens (primary N) is 1. The van der Waals surface area contributed by atoms with Gasteiger partial charge in [0.15, 0.2) is 5.82 Å². The molecule has 5 nitrogen and oxygen atoms in total. The first-order valence-electron chi connectivity index (χ1n) is 4.94. The molecule has 1 heterocycles. The summed E-state index contributed by atoms with van der Waals surface area (Å²) in [5.41, 5.74) is 7.36. The van der Waals surface area contributed by atoms with E-state index in [9.17, 15) is 4.79 Å². The number of nitrogens with one attached hydrogen (secondary N) is 2. The number of aryl methyl sites for hydroxylation is 1. The molecule has 2 rings (SSSR count). The van der Waals surface area contributed by atoms with Crippen LogP contribution < -0.4 is 11.1 Å². The molecule has 17 heavy (non-hydrogen) atoms. The number of hydrogen-bond acceptors (Lipinski definition) is 3. The monoisotopic (exact) mass is 250 g/mol. The summed E-state index contributed by atoms with van der Waals surface area (Å²) in [5.74, 6) is 0.0922. The molecule has 0 aliphatic carbocycles. The van der Waals surface area contributed by atoms with Crippen LogP contribution in [-0.4, -0.2) is 16.1 Å². The summed E-state index contributed by atoms with van der Waals surface area (Å²) in [6.07, 6.45) is 1.43. The van der Waals surface area contributed by atoms with Crippen molar-refractivity contribution < 1.29 is 4.79 Å². The van der Waals surface area contributed by atoms with Crippen molar-refractivity contribution in [1.82, 2.24) is 10.2 Å². The summed E-state index contributed by atoms with van der Waals surface area (Å²) < 4.78 is 0. The van der Waals surface area contributed by atoms with Gasteiger partial charge in [0.05, 0.1) is 11.9 Å². The van der Waals surface area contributed by atoms with Crippen LogP contribution in [0.2, 0.25) is 5.02 Å². The van der Waals surface area contributed by atoms with Gasteiger partial charge in [-0.05, 0) is 24.6 Å². The van der Waals surface area contributed by atoms with Crippen molar-refractivity contribution in [2.24, 2.45) is 0 Å². The van der Waals surface area contributed by atoms with Crippen LogP contribution >= 0.6 is 11.6 Å². The Labute approximate surface area is 103 Å². The third-order valence-electron chi connectivity index (χ3n) is 2.34. The second kappa shape index (κ2) is 4.47. The first-order valence-corrected chi connectivity index (χ1v) is 5.32. The summed E-state index contributed by atoms with van der Waals surface area (Å²) in [4.78, 5) is 11.9. The van der Waals surface area contributed by atoms with Crippen LogP contribution in [0.5, 0.6) is 0 Å². The van der Waals surface area contributed by atoms with E-state index in [2.05, 4.69) is 15.5 Å². The van der Waals surface area contributed by atoms with Gasteiger partial charge in [-0.3, -0.25) is 9.89 Å². The number of benzene rings is 1. The van der Waals surface area contributed by atoms with Crippen LogP contribution in [0.1, 0.15) is 15.9 Å². The zero-order valence-electron chi connectivity index (χ0n) is 9.12. The van der Waals surface area contributed by atoms with E-state index in [1.54, 1.807) is 18.2 Å². The molecular formula is C11H11ClN4O. The van der Waals surface area contributed by atoms with Crippen molar-refractivity contribution >= 4 is 29.0 Å². The zero-order chi connectivity index (χ0) is 12.4. The van der Waals surface area contributed by atoms with Gasteiger partial charge in [-0.2, -0.15) is 5.10 Å². The van der Waals surface area contributed by atoms with Gasteiger partial charge in [-0.1, -0.05) is 17.7 Å². The van der Waals surface area contributed by atoms with E-state index < -0.39 is 0 Å². The molecule has 0 aliphatic heterocycles. The Kier molecular flexibility index (Phi) is 3.01. The molecule has 0 aliphatic rings. The number of rotatable bonds is 2. The van der Waals surface area contributed by atoms with Crippen LogP contribution in [-0.2, 0) is 0 Å². The van der Waals surface area contributed by atoms with Crippen LogP contribution in [0.4, 0.5) is 11.5 Å². The first-order chi connectivity index (χ1) is 8.08. The lowest BCUT2D eigenvalue weighted by atomic mass is 10.1. The number of hydrogen-bond donors (Lipinski definition) is 3. The second-order valence-corrected chi connectivity index (χ2v) is 4.03. The van der Waals surface area contributed by atoms with Crippen molar-refractivity contribution in [2.75, 3.05) is 11.1 Å². The van der Waals surface area contributed by atoms with Gasteiger partial charge in [0.1, 0.15) is 0 Å². The van der Waals surface area contributed by atoms with Gasteiger partial charge in [0.2, 0.25) is 0 Å². The number of aromatic amines is 1. The maximum atomic E-state index is 11.9. The molecule has 0 radical (unpaired) electrons. The van der Waals surface area contributed by atoms with E-state index in [1.165, 1.54) is 6.20 Å². The minimum atomic E-state index is -0.289. The summed E-state index contributed by atoms with van der Waals surface area (Å²) >= 11 is 5.95. The highest BCUT2D eigenvalue weighted by atomic mass is 35.5. The number of H-pyrrole nitrogens is 1.